The number of halogens is 2. The van der Waals surface area contributed by atoms with Gasteiger partial charge in [-0.1, -0.05) is 52.6 Å². The zero-order chi connectivity index (χ0) is 18.4. The highest BCUT2D eigenvalue weighted by Crippen LogP contribution is 2.26. The third kappa shape index (κ3) is 4.53. The van der Waals surface area contributed by atoms with Crippen LogP contribution in [0.25, 0.3) is 0 Å². The van der Waals surface area contributed by atoms with Crippen LogP contribution in [0.15, 0.2) is 55.1 Å². The van der Waals surface area contributed by atoms with E-state index in [1.807, 2.05) is 24.3 Å². The number of nitrogens with one attached hydrogen (secondary N) is 1. The van der Waals surface area contributed by atoms with Crippen LogP contribution < -0.4 is 10.1 Å². The number of hydrogen-bond donors (Lipinski definition) is 1. The molecule has 0 aliphatic carbocycles. The van der Waals surface area contributed by atoms with E-state index in [2.05, 4.69) is 27.4 Å². The van der Waals surface area contributed by atoms with Crippen molar-refractivity contribution in [1.82, 2.24) is 20.2 Å². The fourth-order valence-electron chi connectivity index (χ4n) is 2.33. The first-order valence-electron chi connectivity index (χ1n) is 7.93. The molecule has 0 atom stereocenters. The molecule has 6 nitrogen and oxygen atoms in total. The van der Waals surface area contributed by atoms with Crippen molar-refractivity contribution in [1.29, 1.82) is 0 Å². The third-order valence-electron chi connectivity index (χ3n) is 3.63. The number of ether oxygens (including phenoxy) is 1. The molecule has 3 aromatic rings. The fraction of sp³-hybridized carbons (Fsp3) is 0.167. The smallest absolute Gasteiger partial charge is 0.243 e. The molecule has 134 valence electrons. The molecule has 0 bridgehead atoms. The Bertz CT molecular complexity index is 877. The first-order valence-corrected chi connectivity index (χ1v) is 8.68. The summed E-state index contributed by atoms with van der Waals surface area (Å²) in [4.78, 5) is 0. The van der Waals surface area contributed by atoms with Gasteiger partial charge in [0.25, 0.3) is 0 Å². The molecule has 3 rings (SSSR count). The summed E-state index contributed by atoms with van der Waals surface area (Å²) in [6.07, 6.45) is 1.73. The molecule has 0 aliphatic heterocycles. The van der Waals surface area contributed by atoms with Crippen LogP contribution >= 0.6 is 23.2 Å². The van der Waals surface area contributed by atoms with Crippen LogP contribution in [0.3, 0.4) is 0 Å². The first kappa shape index (κ1) is 18.2. The standard InChI is InChI=1S/C18H17Cl2N5O/c1-2-9-25-18(22-23-24-25)21-11-13-5-3-6-14(10-13)26-12-15-16(19)7-4-8-17(15)20/h2-8,10H,1,9,11-12H2,(H,21,22,24). The molecule has 0 radical (unpaired) electrons. The van der Waals surface area contributed by atoms with Gasteiger partial charge in [0.15, 0.2) is 0 Å². The Morgan fingerprint density at radius 1 is 1.15 bits per heavy atom. The van der Waals surface area contributed by atoms with Crippen molar-refractivity contribution in [2.24, 2.45) is 0 Å². The third-order valence-corrected chi connectivity index (χ3v) is 4.34. The summed E-state index contributed by atoms with van der Waals surface area (Å²) >= 11 is 12.3. The van der Waals surface area contributed by atoms with Crippen LogP contribution in [-0.2, 0) is 19.7 Å². The van der Waals surface area contributed by atoms with Gasteiger partial charge < -0.3 is 10.1 Å². The second kappa shape index (κ2) is 8.69. The second-order valence-electron chi connectivity index (χ2n) is 5.46. The molecule has 0 saturated carbocycles. The lowest BCUT2D eigenvalue weighted by atomic mass is 10.2. The Morgan fingerprint density at radius 2 is 1.92 bits per heavy atom. The van der Waals surface area contributed by atoms with Crippen LogP contribution in [0.1, 0.15) is 11.1 Å². The highest BCUT2D eigenvalue weighted by molar-refractivity contribution is 6.35. The van der Waals surface area contributed by atoms with Crippen molar-refractivity contribution in [3.63, 3.8) is 0 Å². The van der Waals surface area contributed by atoms with E-state index < -0.39 is 0 Å². The summed E-state index contributed by atoms with van der Waals surface area (Å²) in [5.74, 6) is 1.31. The lowest BCUT2D eigenvalue weighted by Gasteiger charge is -2.11. The van der Waals surface area contributed by atoms with E-state index in [0.29, 0.717) is 35.7 Å². The summed E-state index contributed by atoms with van der Waals surface area (Å²) in [5.41, 5.74) is 1.80. The maximum absolute atomic E-state index is 6.17. The molecule has 0 fully saturated rings. The number of benzene rings is 2. The second-order valence-corrected chi connectivity index (χ2v) is 6.28. The molecule has 0 unspecified atom stereocenters. The molecule has 1 heterocycles. The van der Waals surface area contributed by atoms with Crippen molar-refractivity contribution in [2.45, 2.75) is 19.7 Å². The van der Waals surface area contributed by atoms with Crippen molar-refractivity contribution >= 4 is 29.2 Å². The van der Waals surface area contributed by atoms with E-state index in [9.17, 15) is 0 Å². The van der Waals surface area contributed by atoms with Crippen molar-refractivity contribution < 1.29 is 4.74 Å². The van der Waals surface area contributed by atoms with E-state index >= 15 is 0 Å². The van der Waals surface area contributed by atoms with Gasteiger partial charge in [0.1, 0.15) is 12.4 Å². The maximum atomic E-state index is 6.17. The van der Waals surface area contributed by atoms with E-state index in [1.165, 1.54) is 0 Å². The largest absolute Gasteiger partial charge is 0.489 e. The van der Waals surface area contributed by atoms with Gasteiger partial charge in [0, 0.05) is 22.2 Å². The average molecular weight is 390 g/mol. The topological polar surface area (TPSA) is 64.9 Å². The zero-order valence-electron chi connectivity index (χ0n) is 13.9. The zero-order valence-corrected chi connectivity index (χ0v) is 15.4. The lowest BCUT2D eigenvalue weighted by molar-refractivity contribution is 0.306. The molecule has 2 aromatic carbocycles. The Labute approximate surface area is 161 Å². The monoisotopic (exact) mass is 389 g/mol. The molecule has 0 spiro atoms. The van der Waals surface area contributed by atoms with Crippen LogP contribution in [-0.4, -0.2) is 20.2 Å². The Balaban J connectivity index is 1.63. The number of tetrazole rings is 1. The highest BCUT2D eigenvalue weighted by Gasteiger charge is 2.07. The van der Waals surface area contributed by atoms with Gasteiger partial charge in [0.2, 0.25) is 5.95 Å². The van der Waals surface area contributed by atoms with Crippen LogP contribution in [0.4, 0.5) is 5.95 Å². The van der Waals surface area contributed by atoms with Crippen molar-refractivity contribution in [3.8, 4) is 5.75 Å². The molecule has 0 saturated heterocycles. The number of aromatic nitrogens is 4. The van der Waals surface area contributed by atoms with Gasteiger partial charge in [-0.2, -0.15) is 0 Å². The number of hydrogen-bond acceptors (Lipinski definition) is 5. The van der Waals surface area contributed by atoms with Crippen LogP contribution in [0.5, 0.6) is 5.75 Å². The summed E-state index contributed by atoms with van der Waals surface area (Å²) in [6, 6.07) is 13.1. The van der Waals surface area contributed by atoms with Crippen LogP contribution in [0.2, 0.25) is 10.0 Å². The normalized spacial score (nSPS) is 10.5. The number of anilines is 1. The highest BCUT2D eigenvalue weighted by atomic mass is 35.5. The molecular weight excluding hydrogens is 373 g/mol. The minimum atomic E-state index is 0.299. The average Bonchev–Trinajstić information content (AvgIpc) is 3.07. The van der Waals surface area contributed by atoms with E-state index in [-0.39, 0.29) is 0 Å². The number of allylic oxidation sites excluding steroid dienone is 1. The predicted octanol–water partition coefficient (Wildman–Crippen LogP) is 4.36. The summed E-state index contributed by atoms with van der Waals surface area (Å²) < 4.78 is 7.47. The first-order chi connectivity index (χ1) is 12.7. The summed E-state index contributed by atoms with van der Waals surface area (Å²) in [6.45, 7) is 5.08. The SMILES string of the molecule is C=CCn1nnnc1NCc1cccc(OCc2c(Cl)cccc2Cl)c1. The Kier molecular flexibility index (Phi) is 6.09. The van der Waals surface area contributed by atoms with E-state index in [4.69, 9.17) is 27.9 Å². The van der Waals surface area contributed by atoms with Gasteiger partial charge >= 0.3 is 0 Å². The van der Waals surface area contributed by atoms with Crippen molar-refractivity contribution in [2.75, 3.05) is 5.32 Å². The number of nitrogens with zero attached hydrogens (tertiary/aromatic N) is 4. The van der Waals surface area contributed by atoms with Gasteiger partial charge in [-0.25, -0.2) is 4.68 Å². The minimum absolute atomic E-state index is 0.299. The molecule has 0 aliphatic rings. The maximum Gasteiger partial charge on any atom is 0.243 e. The Morgan fingerprint density at radius 3 is 2.69 bits per heavy atom. The summed E-state index contributed by atoms with van der Waals surface area (Å²) in [7, 11) is 0. The molecular formula is C18H17Cl2N5O. The Hall–Kier alpha value is -2.57. The fourth-order valence-corrected chi connectivity index (χ4v) is 2.84. The minimum Gasteiger partial charge on any atom is -0.489 e. The number of rotatable bonds is 8. The quantitative estimate of drug-likeness (QED) is 0.579. The molecule has 26 heavy (non-hydrogen) atoms. The van der Waals surface area contributed by atoms with Crippen molar-refractivity contribution in [3.05, 3.63) is 76.3 Å². The van der Waals surface area contributed by atoms with E-state index in [0.717, 1.165) is 16.9 Å². The van der Waals surface area contributed by atoms with Gasteiger partial charge in [-0.3, -0.25) is 0 Å². The van der Waals surface area contributed by atoms with Gasteiger partial charge in [0.05, 0.1) is 6.54 Å². The molecule has 1 aromatic heterocycles. The van der Waals surface area contributed by atoms with E-state index in [1.54, 1.807) is 29.0 Å². The van der Waals surface area contributed by atoms with Gasteiger partial charge in [-0.05, 0) is 40.3 Å². The predicted molar refractivity (Wildman–Crippen MR) is 103 cm³/mol. The lowest BCUT2D eigenvalue weighted by Crippen LogP contribution is -2.08. The molecule has 8 heteroatoms. The van der Waals surface area contributed by atoms with Gasteiger partial charge in [-0.15, -0.1) is 6.58 Å². The molecule has 1 N–H and O–H groups in total. The molecule has 0 amide bonds. The van der Waals surface area contributed by atoms with Crippen LogP contribution in [0, 0.1) is 0 Å². The summed E-state index contributed by atoms with van der Waals surface area (Å²) in [5, 5.41) is 15.9.